The van der Waals surface area contributed by atoms with Gasteiger partial charge in [-0.3, -0.25) is 14.5 Å². The van der Waals surface area contributed by atoms with E-state index in [-0.39, 0.29) is 30.8 Å². The van der Waals surface area contributed by atoms with Crippen molar-refractivity contribution in [3.05, 3.63) is 66.1 Å². The summed E-state index contributed by atoms with van der Waals surface area (Å²) in [5.74, 6) is -1.65. The van der Waals surface area contributed by atoms with Crippen molar-refractivity contribution in [2.45, 2.75) is 77.8 Å². The molecule has 2 aromatic carbocycles. The first kappa shape index (κ1) is 30.2. The number of para-hydroxylation sites is 2. The molecule has 1 saturated heterocycles. The Labute approximate surface area is 240 Å². The molecule has 1 aliphatic heterocycles. The second-order valence-electron chi connectivity index (χ2n) is 11.3. The maximum Gasteiger partial charge on any atom is 0.327 e. The fourth-order valence-electron chi connectivity index (χ4n) is 5.21. The summed E-state index contributed by atoms with van der Waals surface area (Å²) < 4.78 is 11.3. The third-order valence-corrected chi connectivity index (χ3v) is 7.58. The van der Waals surface area contributed by atoms with Crippen molar-refractivity contribution in [1.82, 2.24) is 14.8 Å². The number of benzene rings is 2. The summed E-state index contributed by atoms with van der Waals surface area (Å²) in [6.07, 6.45) is -0.145. The van der Waals surface area contributed by atoms with Gasteiger partial charge in [0.1, 0.15) is 12.1 Å². The number of hydrogen-bond acceptors (Lipinski definition) is 8. The first-order valence-corrected chi connectivity index (χ1v) is 14.2. The number of aliphatic hydroxyl groups is 1. The number of aromatic nitrogens is 1. The highest BCUT2D eigenvalue weighted by molar-refractivity contribution is 5.98. The van der Waals surface area contributed by atoms with Gasteiger partial charge in [-0.1, -0.05) is 70.2 Å². The van der Waals surface area contributed by atoms with E-state index < -0.39 is 42.1 Å². The summed E-state index contributed by atoms with van der Waals surface area (Å²) in [5.41, 5.74) is 8.20. The Morgan fingerprint density at radius 2 is 1.76 bits per heavy atom. The highest BCUT2D eigenvalue weighted by atomic mass is 16.5. The Balaban J connectivity index is 1.59. The smallest absolute Gasteiger partial charge is 0.327 e. The number of oxazole rings is 1. The summed E-state index contributed by atoms with van der Waals surface area (Å²) in [7, 11) is 0. The zero-order valence-electron chi connectivity index (χ0n) is 24.1. The number of imide groups is 1. The van der Waals surface area contributed by atoms with Crippen LogP contribution in [0.15, 0.2) is 59.0 Å². The van der Waals surface area contributed by atoms with E-state index in [4.69, 9.17) is 14.9 Å². The first-order chi connectivity index (χ1) is 19.6. The highest BCUT2D eigenvalue weighted by Gasteiger charge is 2.45. The third kappa shape index (κ3) is 6.94. The molecule has 2 unspecified atom stereocenters. The van der Waals surface area contributed by atoms with Gasteiger partial charge in [0.15, 0.2) is 11.7 Å². The number of nitrogens with zero attached hydrogens (tertiary/aromatic N) is 3. The number of urea groups is 1. The van der Waals surface area contributed by atoms with E-state index in [0.29, 0.717) is 30.5 Å². The molecule has 0 saturated carbocycles. The van der Waals surface area contributed by atoms with Crippen molar-refractivity contribution < 1.29 is 28.6 Å². The van der Waals surface area contributed by atoms with E-state index >= 15 is 0 Å². The van der Waals surface area contributed by atoms with Crippen molar-refractivity contribution in [3.63, 3.8) is 0 Å². The quantitative estimate of drug-likeness (QED) is 0.345. The molecule has 0 bridgehead atoms. The maximum atomic E-state index is 14.2. The fourth-order valence-corrected chi connectivity index (χ4v) is 5.21. The summed E-state index contributed by atoms with van der Waals surface area (Å²) in [6, 6.07) is 13.4. The molecule has 1 aliphatic rings. The minimum absolute atomic E-state index is 0.00311. The van der Waals surface area contributed by atoms with E-state index in [1.54, 1.807) is 38.1 Å². The molecule has 41 heavy (non-hydrogen) atoms. The summed E-state index contributed by atoms with van der Waals surface area (Å²) in [5, 5.41) is 11.5. The van der Waals surface area contributed by atoms with Crippen LogP contribution in [0.3, 0.4) is 0 Å². The number of likely N-dealkylation sites (tertiary alicyclic amines) is 1. The first-order valence-electron chi connectivity index (χ1n) is 14.2. The number of aliphatic hydroxyl groups excluding tert-OH is 1. The molecule has 0 radical (unpaired) electrons. The molecule has 2 heterocycles. The van der Waals surface area contributed by atoms with Crippen LogP contribution in [0, 0.1) is 11.8 Å². The van der Waals surface area contributed by atoms with E-state index in [0.717, 1.165) is 10.5 Å². The van der Waals surface area contributed by atoms with Gasteiger partial charge in [-0.15, -0.1) is 0 Å². The molecule has 220 valence electrons. The van der Waals surface area contributed by atoms with Gasteiger partial charge < -0.3 is 24.9 Å². The van der Waals surface area contributed by atoms with Crippen molar-refractivity contribution in [3.8, 4) is 0 Å². The second-order valence-corrected chi connectivity index (χ2v) is 11.3. The van der Waals surface area contributed by atoms with Crippen LogP contribution in [-0.4, -0.2) is 62.5 Å². The molecule has 3 aromatic rings. The molecule has 0 aliphatic carbocycles. The molecule has 3 N–H and O–H groups in total. The molecule has 4 atom stereocenters. The number of carbonyl (C=O) groups excluding carboxylic acids is 3. The third-order valence-electron chi connectivity index (χ3n) is 7.58. The highest BCUT2D eigenvalue weighted by Crippen LogP contribution is 2.32. The molecule has 10 nitrogen and oxygen atoms in total. The van der Waals surface area contributed by atoms with E-state index in [2.05, 4.69) is 4.98 Å². The Kier molecular flexibility index (Phi) is 9.77. The monoisotopic (exact) mass is 564 g/mol. The van der Waals surface area contributed by atoms with Gasteiger partial charge in [0.2, 0.25) is 11.8 Å². The molecule has 1 fully saturated rings. The predicted octanol–water partition coefficient (Wildman–Crippen LogP) is 4.42. The van der Waals surface area contributed by atoms with Gasteiger partial charge in [-0.05, 0) is 42.4 Å². The van der Waals surface area contributed by atoms with Gasteiger partial charge in [0.05, 0.1) is 18.5 Å². The minimum atomic E-state index is -1.40. The average molecular weight is 565 g/mol. The van der Waals surface area contributed by atoms with Gasteiger partial charge in [0, 0.05) is 12.6 Å². The second kappa shape index (κ2) is 13.3. The van der Waals surface area contributed by atoms with Gasteiger partial charge in [0.25, 0.3) is 0 Å². The molecule has 1 aromatic heterocycles. The van der Waals surface area contributed by atoms with Gasteiger partial charge in [-0.25, -0.2) is 9.78 Å². The van der Waals surface area contributed by atoms with Crippen LogP contribution >= 0.6 is 0 Å². The topological polar surface area (TPSA) is 139 Å². The molecule has 0 spiro atoms. The predicted molar refractivity (Wildman–Crippen MR) is 153 cm³/mol. The standard InChI is InChI=1S/C31H40N4O6/c1-19(2)26(32)30(38)35(27(20(3)4)28(37)29-33-23-14-8-9-15-24(23)41-29)31(39)34-16-10-13-22(34)17-25(36)40-18-21-11-6-5-7-12-21/h5-9,11-12,14-15,19-20,22,26-28,37H,10,13,16-18,32H2,1-4H3/t22-,26-,27?,28?/m0/s1. The number of hydrogen-bond donors (Lipinski definition) is 2. The summed E-state index contributed by atoms with van der Waals surface area (Å²) in [6.45, 7) is 7.73. The van der Waals surface area contributed by atoms with Crippen LogP contribution in [0.4, 0.5) is 4.79 Å². The largest absolute Gasteiger partial charge is 0.461 e. The van der Waals surface area contributed by atoms with Crippen LogP contribution in [0.5, 0.6) is 0 Å². The zero-order chi connectivity index (χ0) is 29.7. The Bertz CT molecular complexity index is 1310. The van der Waals surface area contributed by atoms with E-state index in [1.165, 1.54) is 4.90 Å². The fraction of sp³-hybridized carbons (Fsp3) is 0.484. The molecule has 3 amide bonds. The summed E-state index contributed by atoms with van der Waals surface area (Å²) in [4.78, 5) is 47.8. The van der Waals surface area contributed by atoms with Crippen LogP contribution in [0.25, 0.3) is 11.1 Å². The van der Waals surface area contributed by atoms with Crippen molar-refractivity contribution in [2.75, 3.05) is 6.54 Å². The van der Waals surface area contributed by atoms with Crippen molar-refractivity contribution in [2.24, 2.45) is 17.6 Å². The number of rotatable bonds is 10. The minimum Gasteiger partial charge on any atom is -0.461 e. The lowest BCUT2D eigenvalue weighted by Gasteiger charge is -2.40. The number of nitrogens with two attached hydrogens (primary N) is 1. The lowest BCUT2D eigenvalue weighted by atomic mass is 9.94. The number of fused-ring (bicyclic) bond motifs is 1. The Hall–Kier alpha value is -3.76. The number of esters is 1. The number of amides is 3. The van der Waals surface area contributed by atoms with E-state index in [9.17, 15) is 19.5 Å². The lowest BCUT2D eigenvalue weighted by molar-refractivity contribution is -0.146. The number of carbonyl (C=O) groups is 3. The van der Waals surface area contributed by atoms with Gasteiger partial charge >= 0.3 is 12.0 Å². The summed E-state index contributed by atoms with van der Waals surface area (Å²) >= 11 is 0. The molecular formula is C31H40N4O6. The molecule has 10 heteroatoms. The number of ether oxygens (including phenoxy) is 1. The van der Waals surface area contributed by atoms with Crippen molar-refractivity contribution in [1.29, 1.82) is 0 Å². The normalized spacial score (nSPS) is 17.6. The lowest BCUT2D eigenvalue weighted by Crippen LogP contribution is -2.60. The Morgan fingerprint density at radius 1 is 1.07 bits per heavy atom. The van der Waals surface area contributed by atoms with Gasteiger partial charge in [-0.2, -0.15) is 0 Å². The maximum absolute atomic E-state index is 14.2. The average Bonchev–Trinajstić information content (AvgIpc) is 3.61. The van der Waals surface area contributed by atoms with Crippen molar-refractivity contribution >= 4 is 29.0 Å². The SMILES string of the molecule is CC(C)C(C(O)c1nc2ccccc2o1)N(C(=O)[C@@H](N)C(C)C)C(=O)N1CCC[C@H]1CC(=O)OCc1ccccc1. The Morgan fingerprint density at radius 3 is 2.41 bits per heavy atom. The van der Waals surface area contributed by atoms with Crippen LogP contribution in [0.1, 0.15) is 64.5 Å². The van der Waals surface area contributed by atoms with Crippen LogP contribution in [-0.2, 0) is 20.9 Å². The van der Waals surface area contributed by atoms with Crippen LogP contribution < -0.4 is 5.73 Å². The molecular weight excluding hydrogens is 524 g/mol. The zero-order valence-corrected chi connectivity index (χ0v) is 24.1. The molecule has 4 rings (SSSR count). The van der Waals surface area contributed by atoms with Crippen LogP contribution in [0.2, 0.25) is 0 Å². The van der Waals surface area contributed by atoms with E-state index in [1.807, 2.05) is 44.2 Å².